The molecule has 0 heterocycles. The summed E-state index contributed by atoms with van der Waals surface area (Å²) in [6.45, 7) is 3.95. The first-order chi connectivity index (χ1) is 9.97. The Labute approximate surface area is 133 Å². The molecule has 0 N–H and O–H groups in total. The first-order valence-electron chi connectivity index (χ1n) is 6.51. The predicted octanol–water partition coefficient (Wildman–Crippen LogP) is 4.31. The molecule has 4 heteroatoms. The lowest BCUT2D eigenvalue weighted by Gasteiger charge is -2.10. The fraction of sp³-hybridized carbons (Fsp3) is 0.235. The van der Waals surface area contributed by atoms with Gasteiger partial charge in [-0.15, -0.1) is 0 Å². The molecule has 110 valence electrons. The van der Waals surface area contributed by atoms with E-state index < -0.39 is 0 Å². The van der Waals surface area contributed by atoms with E-state index in [1.54, 1.807) is 32.4 Å². The molecule has 0 fully saturated rings. The Morgan fingerprint density at radius 3 is 2.00 bits per heavy atom. The maximum absolute atomic E-state index is 12.6. The lowest BCUT2D eigenvalue weighted by Crippen LogP contribution is -2.04. The van der Waals surface area contributed by atoms with E-state index in [2.05, 4.69) is 15.9 Å². The van der Waals surface area contributed by atoms with Gasteiger partial charge in [0.1, 0.15) is 0 Å². The average Bonchev–Trinajstić information content (AvgIpc) is 2.50. The van der Waals surface area contributed by atoms with Gasteiger partial charge in [0.15, 0.2) is 17.3 Å². The number of hydrogen-bond acceptors (Lipinski definition) is 3. The maximum atomic E-state index is 12.6. The third kappa shape index (κ3) is 3.10. The standard InChI is InChI=1S/C17H17BrO3/c1-10-7-13(8-11(2)16(10)18)17(19)12-5-6-14(20-3)15(9-12)21-4/h5-9H,1-4H3. The summed E-state index contributed by atoms with van der Waals surface area (Å²) in [6.07, 6.45) is 0. The minimum absolute atomic E-state index is 0.0327. The minimum atomic E-state index is -0.0327. The zero-order valence-electron chi connectivity index (χ0n) is 12.5. The van der Waals surface area contributed by atoms with Crippen molar-refractivity contribution in [3.63, 3.8) is 0 Å². The molecule has 21 heavy (non-hydrogen) atoms. The van der Waals surface area contributed by atoms with Crippen LogP contribution in [-0.2, 0) is 0 Å². The molecule has 2 aromatic rings. The van der Waals surface area contributed by atoms with E-state index in [-0.39, 0.29) is 5.78 Å². The highest BCUT2D eigenvalue weighted by Crippen LogP contribution is 2.29. The summed E-state index contributed by atoms with van der Waals surface area (Å²) in [4.78, 5) is 12.6. The van der Waals surface area contributed by atoms with Crippen LogP contribution in [0.25, 0.3) is 0 Å². The van der Waals surface area contributed by atoms with Crippen molar-refractivity contribution in [2.24, 2.45) is 0 Å². The lowest BCUT2D eigenvalue weighted by molar-refractivity contribution is 0.103. The zero-order valence-corrected chi connectivity index (χ0v) is 14.1. The second kappa shape index (κ2) is 6.31. The smallest absolute Gasteiger partial charge is 0.193 e. The number of methoxy groups -OCH3 is 2. The molecular weight excluding hydrogens is 332 g/mol. The number of rotatable bonds is 4. The quantitative estimate of drug-likeness (QED) is 0.772. The normalized spacial score (nSPS) is 10.3. The topological polar surface area (TPSA) is 35.5 Å². The summed E-state index contributed by atoms with van der Waals surface area (Å²) in [5.41, 5.74) is 3.33. The highest BCUT2D eigenvalue weighted by Gasteiger charge is 2.14. The van der Waals surface area contributed by atoms with Gasteiger partial charge in [0.2, 0.25) is 0 Å². The van der Waals surface area contributed by atoms with Gasteiger partial charge in [-0.05, 0) is 55.3 Å². The van der Waals surface area contributed by atoms with Gasteiger partial charge in [-0.3, -0.25) is 4.79 Å². The minimum Gasteiger partial charge on any atom is -0.493 e. The molecule has 0 radical (unpaired) electrons. The Bertz CT molecular complexity index is 669. The molecule has 0 aliphatic carbocycles. The molecule has 0 aromatic heterocycles. The SMILES string of the molecule is COc1ccc(C(=O)c2cc(C)c(Br)c(C)c2)cc1OC. The van der Waals surface area contributed by atoms with Gasteiger partial charge >= 0.3 is 0 Å². The Morgan fingerprint density at radius 2 is 1.48 bits per heavy atom. The average molecular weight is 349 g/mol. The summed E-state index contributed by atoms with van der Waals surface area (Å²) < 4.78 is 11.5. The van der Waals surface area contributed by atoms with E-state index in [1.807, 2.05) is 26.0 Å². The summed E-state index contributed by atoms with van der Waals surface area (Å²) in [5.74, 6) is 1.13. The molecule has 0 aliphatic heterocycles. The van der Waals surface area contributed by atoms with Gasteiger partial charge in [-0.25, -0.2) is 0 Å². The van der Waals surface area contributed by atoms with Gasteiger partial charge in [0, 0.05) is 15.6 Å². The molecule has 0 spiro atoms. The molecule has 2 aromatic carbocycles. The van der Waals surface area contributed by atoms with Gasteiger partial charge in [-0.2, -0.15) is 0 Å². The number of carbonyl (C=O) groups excluding carboxylic acids is 1. The first-order valence-corrected chi connectivity index (χ1v) is 7.30. The number of ether oxygens (including phenoxy) is 2. The molecule has 3 nitrogen and oxygen atoms in total. The van der Waals surface area contributed by atoms with Crippen molar-refractivity contribution < 1.29 is 14.3 Å². The van der Waals surface area contributed by atoms with Crippen molar-refractivity contribution in [2.45, 2.75) is 13.8 Å². The molecule has 0 saturated carbocycles. The molecule has 0 amide bonds. The van der Waals surface area contributed by atoms with E-state index in [9.17, 15) is 4.79 Å². The lowest BCUT2D eigenvalue weighted by atomic mass is 9.99. The van der Waals surface area contributed by atoms with E-state index in [0.29, 0.717) is 22.6 Å². The molecule has 0 unspecified atom stereocenters. The summed E-state index contributed by atoms with van der Waals surface area (Å²) in [7, 11) is 3.13. The van der Waals surface area contributed by atoms with Crippen LogP contribution in [0.1, 0.15) is 27.0 Å². The maximum Gasteiger partial charge on any atom is 0.193 e. The van der Waals surface area contributed by atoms with Crippen LogP contribution in [0.5, 0.6) is 11.5 Å². The largest absolute Gasteiger partial charge is 0.493 e. The van der Waals surface area contributed by atoms with Crippen LogP contribution in [-0.4, -0.2) is 20.0 Å². The molecule has 2 rings (SSSR count). The Morgan fingerprint density at radius 1 is 0.905 bits per heavy atom. The van der Waals surface area contributed by atoms with Crippen LogP contribution in [0.15, 0.2) is 34.8 Å². The predicted molar refractivity (Wildman–Crippen MR) is 86.6 cm³/mol. The fourth-order valence-electron chi connectivity index (χ4n) is 2.22. The number of hydrogen-bond donors (Lipinski definition) is 0. The zero-order chi connectivity index (χ0) is 15.6. The highest BCUT2D eigenvalue weighted by molar-refractivity contribution is 9.10. The van der Waals surface area contributed by atoms with Crippen LogP contribution in [0.2, 0.25) is 0 Å². The number of aryl methyl sites for hydroxylation is 2. The van der Waals surface area contributed by atoms with Gasteiger partial charge in [-0.1, -0.05) is 15.9 Å². The summed E-state index contributed by atoms with van der Waals surface area (Å²) in [6, 6.07) is 8.96. The number of ketones is 1. The Kier molecular flexibility index (Phi) is 4.68. The van der Waals surface area contributed by atoms with E-state index >= 15 is 0 Å². The molecule has 0 bridgehead atoms. The van der Waals surface area contributed by atoms with E-state index in [1.165, 1.54) is 0 Å². The number of carbonyl (C=O) groups is 1. The van der Waals surface area contributed by atoms with Crippen LogP contribution >= 0.6 is 15.9 Å². The highest BCUT2D eigenvalue weighted by atomic mass is 79.9. The van der Waals surface area contributed by atoms with E-state index in [4.69, 9.17) is 9.47 Å². The number of halogens is 1. The summed E-state index contributed by atoms with van der Waals surface area (Å²) in [5, 5.41) is 0. The molecular formula is C17H17BrO3. The van der Waals surface area contributed by atoms with Crippen LogP contribution in [0.4, 0.5) is 0 Å². The van der Waals surface area contributed by atoms with Crippen molar-refractivity contribution in [3.05, 3.63) is 57.1 Å². The molecule has 0 atom stereocenters. The second-order valence-corrected chi connectivity index (χ2v) is 5.62. The molecule has 0 saturated heterocycles. The van der Waals surface area contributed by atoms with Crippen LogP contribution < -0.4 is 9.47 Å². The van der Waals surface area contributed by atoms with Crippen LogP contribution in [0, 0.1) is 13.8 Å². The van der Waals surface area contributed by atoms with E-state index in [0.717, 1.165) is 15.6 Å². The third-order valence-electron chi connectivity index (χ3n) is 3.34. The van der Waals surface area contributed by atoms with Gasteiger partial charge in [0.05, 0.1) is 14.2 Å². The van der Waals surface area contributed by atoms with Gasteiger partial charge in [0.25, 0.3) is 0 Å². The molecule has 0 aliphatic rings. The van der Waals surface area contributed by atoms with Crippen LogP contribution in [0.3, 0.4) is 0 Å². The summed E-state index contributed by atoms with van der Waals surface area (Å²) >= 11 is 3.51. The van der Waals surface area contributed by atoms with Crippen molar-refractivity contribution in [2.75, 3.05) is 14.2 Å². The van der Waals surface area contributed by atoms with Crippen molar-refractivity contribution in [1.29, 1.82) is 0 Å². The first kappa shape index (κ1) is 15.6. The van der Waals surface area contributed by atoms with Crippen molar-refractivity contribution in [1.82, 2.24) is 0 Å². The second-order valence-electron chi connectivity index (χ2n) is 4.82. The fourth-order valence-corrected chi connectivity index (χ4v) is 2.45. The third-order valence-corrected chi connectivity index (χ3v) is 4.60. The number of benzene rings is 2. The Hall–Kier alpha value is -1.81. The Balaban J connectivity index is 2.45. The monoisotopic (exact) mass is 348 g/mol. The van der Waals surface area contributed by atoms with Gasteiger partial charge < -0.3 is 9.47 Å². The van der Waals surface area contributed by atoms with Crippen molar-refractivity contribution >= 4 is 21.7 Å². The van der Waals surface area contributed by atoms with Crippen molar-refractivity contribution in [3.8, 4) is 11.5 Å².